The Hall–Kier alpha value is -2.04. The fourth-order valence-electron chi connectivity index (χ4n) is 1.74. The van der Waals surface area contributed by atoms with Gasteiger partial charge in [-0.1, -0.05) is 6.07 Å². The van der Waals surface area contributed by atoms with Crippen molar-refractivity contribution in [2.45, 2.75) is 33.2 Å². The Balaban J connectivity index is 2.72. The minimum absolute atomic E-state index is 0.0177. The average Bonchev–Trinajstić information content (AvgIpc) is 2.29. The van der Waals surface area contributed by atoms with Crippen molar-refractivity contribution in [3.05, 3.63) is 29.3 Å². The summed E-state index contributed by atoms with van der Waals surface area (Å²) < 4.78 is 0. The predicted octanol–water partition coefficient (Wildman–Crippen LogP) is 1.56. The Bertz CT molecular complexity index is 518. The van der Waals surface area contributed by atoms with E-state index < -0.39 is 0 Å². The summed E-state index contributed by atoms with van der Waals surface area (Å²) in [6.45, 7) is 7.59. The van der Waals surface area contributed by atoms with E-state index >= 15 is 0 Å². The minimum atomic E-state index is -0.310. The monoisotopic (exact) mass is 277 g/mol. The third kappa shape index (κ3) is 4.57. The summed E-state index contributed by atoms with van der Waals surface area (Å²) in [6, 6.07) is 5.15. The molecule has 5 nitrogen and oxygen atoms in total. The third-order valence-electron chi connectivity index (χ3n) is 2.77. The molecule has 0 heterocycles. The summed E-state index contributed by atoms with van der Waals surface area (Å²) in [7, 11) is 1.60. The van der Waals surface area contributed by atoms with Crippen molar-refractivity contribution in [1.82, 2.24) is 10.2 Å². The van der Waals surface area contributed by atoms with Crippen LogP contribution in [0.5, 0.6) is 0 Å². The van der Waals surface area contributed by atoms with Crippen LogP contribution in [0.25, 0.3) is 0 Å². The van der Waals surface area contributed by atoms with E-state index in [4.69, 9.17) is 5.73 Å². The minimum Gasteiger partial charge on any atom is -0.398 e. The van der Waals surface area contributed by atoms with Crippen molar-refractivity contribution < 1.29 is 9.59 Å². The van der Waals surface area contributed by atoms with Gasteiger partial charge in [0.15, 0.2) is 0 Å². The standard InChI is InChI=1S/C15H23N3O2/c1-10-6-7-11(8-12(10)16)14(20)18(5)9-13(19)17-15(2,3)4/h6-8H,9,16H2,1-5H3,(H,17,19). The van der Waals surface area contributed by atoms with Gasteiger partial charge in [0.2, 0.25) is 5.91 Å². The quantitative estimate of drug-likeness (QED) is 0.823. The molecule has 2 amide bonds. The maximum absolute atomic E-state index is 12.2. The zero-order valence-corrected chi connectivity index (χ0v) is 12.8. The van der Waals surface area contributed by atoms with E-state index in [-0.39, 0.29) is 23.9 Å². The largest absolute Gasteiger partial charge is 0.398 e. The molecule has 0 aromatic heterocycles. The molecule has 0 saturated carbocycles. The molecule has 0 bridgehead atoms. The highest BCUT2D eigenvalue weighted by molar-refractivity contribution is 5.97. The van der Waals surface area contributed by atoms with Gasteiger partial charge in [0.05, 0.1) is 6.54 Å². The number of aryl methyl sites for hydroxylation is 1. The number of hydrogen-bond acceptors (Lipinski definition) is 3. The molecule has 1 rings (SSSR count). The number of nitrogens with zero attached hydrogens (tertiary/aromatic N) is 1. The average molecular weight is 277 g/mol. The number of nitrogens with one attached hydrogen (secondary N) is 1. The first-order valence-corrected chi connectivity index (χ1v) is 6.53. The summed E-state index contributed by atoms with van der Waals surface area (Å²) in [6.07, 6.45) is 0. The first kappa shape index (κ1) is 16.0. The summed E-state index contributed by atoms with van der Waals surface area (Å²) in [4.78, 5) is 25.4. The van der Waals surface area contributed by atoms with Crippen LogP contribution in [0.1, 0.15) is 36.7 Å². The molecule has 0 aliphatic rings. The van der Waals surface area contributed by atoms with E-state index in [1.807, 2.05) is 27.7 Å². The van der Waals surface area contributed by atoms with Crippen LogP contribution in [0.3, 0.4) is 0 Å². The molecule has 0 radical (unpaired) electrons. The lowest BCUT2D eigenvalue weighted by atomic mass is 10.1. The number of amides is 2. The Morgan fingerprint density at radius 1 is 1.30 bits per heavy atom. The number of nitrogen functional groups attached to an aromatic ring is 1. The number of carbonyl (C=O) groups excluding carboxylic acids is 2. The van der Waals surface area contributed by atoms with Crippen LogP contribution in [0.2, 0.25) is 0 Å². The molecule has 0 atom stereocenters. The van der Waals surface area contributed by atoms with Crippen LogP contribution >= 0.6 is 0 Å². The van der Waals surface area contributed by atoms with Gasteiger partial charge in [0, 0.05) is 23.8 Å². The van der Waals surface area contributed by atoms with Gasteiger partial charge in [-0.15, -0.1) is 0 Å². The zero-order valence-electron chi connectivity index (χ0n) is 12.8. The highest BCUT2D eigenvalue weighted by Gasteiger charge is 2.18. The Labute approximate surface area is 120 Å². The van der Waals surface area contributed by atoms with Crippen LogP contribution in [0.4, 0.5) is 5.69 Å². The molecule has 0 spiro atoms. The first-order chi connectivity index (χ1) is 9.10. The molecule has 0 aliphatic carbocycles. The number of likely N-dealkylation sites (N-methyl/N-ethyl adjacent to an activating group) is 1. The number of hydrogen-bond donors (Lipinski definition) is 2. The summed E-state index contributed by atoms with van der Waals surface area (Å²) in [5, 5.41) is 2.82. The molecule has 5 heteroatoms. The normalized spacial score (nSPS) is 11.1. The summed E-state index contributed by atoms with van der Waals surface area (Å²) in [5.74, 6) is -0.408. The Kier molecular flexibility index (Phi) is 4.76. The Morgan fingerprint density at radius 3 is 2.40 bits per heavy atom. The van der Waals surface area contributed by atoms with Crippen molar-refractivity contribution in [3.63, 3.8) is 0 Å². The summed E-state index contributed by atoms with van der Waals surface area (Å²) >= 11 is 0. The smallest absolute Gasteiger partial charge is 0.254 e. The molecule has 0 saturated heterocycles. The van der Waals surface area contributed by atoms with Gasteiger partial charge < -0.3 is 16.0 Å². The predicted molar refractivity (Wildman–Crippen MR) is 80.4 cm³/mol. The van der Waals surface area contributed by atoms with Gasteiger partial charge in [-0.05, 0) is 45.4 Å². The lowest BCUT2D eigenvalue weighted by molar-refractivity contribution is -0.122. The molecule has 3 N–H and O–H groups in total. The van der Waals surface area contributed by atoms with Gasteiger partial charge in [0.25, 0.3) is 5.91 Å². The van der Waals surface area contributed by atoms with Crippen molar-refractivity contribution >= 4 is 17.5 Å². The van der Waals surface area contributed by atoms with Crippen LogP contribution in [0, 0.1) is 6.92 Å². The number of nitrogens with two attached hydrogens (primary N) is 1. The van der Waals surface area contributed by atoms with Gasteiger partial charge in [-0.3, -0.25) is 9.59 Å². The number of anilines is 1. The highest BCUT2D eigenvalue weighted by atomic mass is 16.2. The maximum atomic E-state index is 12.2. The van der Waals surface area contributed by atoms with Crippen molar-refractivity contribution in [3.8, 4) is 0 Å². The van der Waals surface area contributed by atoms with Gasteiger partial charge >= 0.3 is 0 Å². The van der Waals surface area contributed by atoms with Gasteiger partial charge in [-0.25, -0.2) is 0 Å². The Morgan fingerprint density at radius 2 is 1.90 bits per heavy atom. The fraction of sp³-hybridized carbons (Fsp3) is 0.467. The number of carbonyl (C=O) groups is 2. The van der Waals surface area contributed by atoms with E-state index in [0.717, 1.165) is 5.56 Å². The lowest BCUT2D eigenvalue weighted by Crippen LogP contribution is -2.46. The lowest BCUT2D eigenvalue weighted by Gasteiger charge is -2.23. The molecule has 110 valence electrons. The molecular formula is C15H23N3O2. The van der Waals surface area contributed by atoms with Crippen molar-refractivity contribution in [2.75, 3.05) is 19.3 Å². The first-order valence-electron chi connectivity index (χ1n) is 6.53. The molecule has 0 unspecified atom stereocenters. The third-order valence-corrected chi connectivity index (χ3v) is 2.77. The van der Waals surface area contributed by atoms with Crippen LogP contribution in [-0.4, -0.2) is 35.8 Å². The molecule has 1 aromatic carbocycles. The van der Waals surface area contributed by atoms with Crippen LogP contribution < -0.4 is 11.1 Å². The van der Waals surface area contributed by atoms with Gasteiger partial charge in [0.1, 0.15) is 0 Å². The van der Waals surface area contributed by atoms with E-state index in [0.29, 0.717) is 11.3 Å². The molecule has 1 aromatic rings. The van der Waals surface area contributed by atoms with E-state index in [1.165, 1.54) is 4.90 Å². The second-order valence-electron chi connectivity index (χ2n) is 6.03. The topological polar surface area (TPSA) is 75.4 Å². The zero-order chi connectivity index (χ0) is 15.5. The summed E-state index contributed by atoms with van der Waals surface area (Å²) in [5.41, 5.74) is 7.47. The molecule has 20 heavy (non-hydrogen) atoms. The molecule has 0 fully saturated rings. The fourth-order valence-corrected chi connectivity index (χ4v) is 1.74. The second-order valence-corrected chi connectivity index (χ2v) is 6.03. The van der Waals surface area contributed by atoms with E-state index in [1.54, 1.807) is 25.2 Å². The maximum Gasteiger partial charge on any atom is 0.254 e. The number of rotatable bonds is 3. The highest BCUT2D eigenvalue weighted by Crippen LogP contribution is 2.14. The van der Waals surface area contributed by atoms with Crippen molar-refractivity contribution in [1.29, 1.82) is 0 Å². The number of benzene rings is 1. The van der Waals surface area contributed by atoms with Crippen molar-refractivity contribution in [2.24, 2.45) is 0 Å². The molecular weight excluding hydrogens is 254 g/mol. The van der Waals surface area contributed by atoms with E-state index in [2.05, 4.69) is 5.32 Å². The SMILES string of the molecule is Cc1ccc(C(=O)N(C)CC(=O)NC(C)(C)C)cc1N. The molecule has 0 aliphatic heterocycles. The van der Waals surface area contributed by atoms with Crippen LogP contribution in [-0.2, 0) is 4.79 Å². The van der Waals surface area contributed by atoms with Crippen LogP contribution in [0.15, 0.2) is 18.2 Å². The van der Waals surface area contributed by atoms with Gasteiger partial charge in [-0.2, -0.15) is 0 Å². The second kappa shape index (κ2) is 5.94. The van der Waals surface area contributed by atoms with E-state index in [9.17, 15) is 9.59 Å².